The second kappa shape index (κ2) is 10.5. The zero-order valence-corrected chi connectivity index (χ0v) is 23.5. The van der Waals surface area contributed by atoms with Crippen molar-refractivity contribution in [2.45, 2.75) is 111 Å². The van der Waals surface area contributed by atoms with Gasteiger partial charge in [0.05, 0.1) is 6.10 Å². The summed E-state index contributed by atoms with van der Waals surface area (Å²) in [5.41, 5.74) is 2.60. The second-order valence-electron chi connectivity index (χ2n) is 12.2. The van der Waals surface area contributed by atoms with E-state index in [0.29, 0.717) is 10.8 Å². The predicted octanol–water partition coefficient (Wildman–Crippen LogP) is 1.40. The van der Waals surface area contributed by atoms with Gasteiger partial charge >= 0.3 is 29.6 Å². The summed E-state index contributed by atoms with van der Waals surface area (Å²) in [6.07, 6.45) is 17.2. The van der Waals surface area contributed by atoms with Crippen molar-refractivity contribution in [3.63, 3.8) is 0 Å². The Balaban J connectivity index is 0.00000160. The average molecular weight is 445 g/mol. The third-order valence-electron chi connectivity index (χ3n) is 10.3. The van der Waals surface area contributed by atoms with Gasteiger partial charge < -0.3 is 17.5 Å². The topological polar surface area (TPSA) is 20.2 Å². The Hall–Kier alpha value is 0.990. The largest absolute Gasteiger partial charge is 1.00 e. The van der Waals surface area contributed by atoms with Crippen LogP contribution in [0.25, 0.3) is 0 Å². The Morgan fingerprint density at radius 2 is 1.73 bits per heavy atom. The van der Waals surface area contributed by atoms with Gasteiger partial charge in [-0.1, -0.05) is 65.5 Å². The molecular formula is C27H46ClNaO. The molecule has 4 aliphatic carbocycles. The Labute approximate surface area is 215 Å². The van der Waals surface area contributed by atoms with E-state index < -0.39 is 0 Å². The van der Waals surface area contributed by atoms with Crippen LogP contribution in [0.15, 0.2) is 11.6 Å². The van der Waals surface area contributed by atoms with E-state index >= 15 is 0 Å². The number of aliphatic hydroxyl groups is 1. The fourth-order valence-corrected chi connectivity index (χ4v) is 8.67. The van der Waals surface area contributed by atoms with E-state index in [9.17, 15) is 5.11 Å². The molecule has 1 N–H and O–H groups in total. The zero-order chi connectivity index (χ0) is 20.1. The number of halogens is 1. The first kappa shape index (κ1) is 27.2. The number of fused-ring (bicyclic) bond motifs is 5. The maximum absolute atomic E-state index is 10.2. The molecule has 0 heterocycles. The summed E-state index contributed by atoms with van der Waals surface area (Å²) in [6, 6.07) is 0. The maximum atomic E-state index is 10.2. The minimum atomic E-state index is -0.0766. The van der Waals surface area contributed by atoms with Crippen molar-refractivity contribution in [1.82, 2.24) is 0 Å². The molecule has 4 rings (SSSR count). The van der Waals surface area contributed by atoms with E-state index in [1.165, 1.54) is 57.8 Å². The molecule has 0 bridgehead atoms. The van der Waals surface area contributed by atoms with E-state index in [-0.39, 0.29) is 48.1 Å². The van der Waals surface area contributed by atoms with Crippen LogP contribution in [0.2, 0.25) is 0 Å². The molecule has 30 heavy (non-hydrogen) atoms. The van der Waals surface area contributed by atoms with Crippen LogP contribution in [-0.2, 0) is 0 Å². The van der Waals surface area contributed by atoms with E-state index in [1.54, 1.807) is 5.57 Å². The molecule has 0 aromatic heterocycles. The normalized spacial score (nSPS) is 43.4. The molecule has 3 fully saturated rings. The average Bonchev–Trinajstić information content (AvgIpc) is 2.99. The molecular weight excluding hydrogens is 399 g/mol. The molecule has 0 radical (unpaired) electrons. The number of hydrogen-bond donors (Lipinski definition) is 1. The molecule has 0 saturated heterocycles. The molecule has 3 saturated carbocycles. The van der Waals surface area contributed by atoms with Gasteiger partial charge in [0.25, 0.3) is 0 Å². The van der Waals surface area contributed by atoms with Gasteiger partial charge in [0.1, 0.15) is 0 Å². The third kappa shape index (κ3) is 4.77. The van der Waals surface area contributed by atoms with Gasteiger partial charge in [0.15, 0.2) is 0 Å². The van der Waals surface area contributed by atoms with Crippen molar-refractivity contribution >= 4 is 0 Å². The van der Waals surface area contributed by atoms with E-state index in [4.69, 9.17) is 0 Å². The summed E-state index contributed by atoms with van der Waals surface area (Å²) in [5, 5.41) is 10.2. The number of hydrogen-bond acceptors (Lipinski definition) is 1. The van der Waals surface area contributed by atoms with Crippen LogP contribution in [0.3, 0.4) is 0 Å². The fraction of sp³-hybridized carbons (Fsp3) is 0.926. The second-order valence-corrected chi connectivity index (χ2v) is 12.2. The molecule has 8 atom stereocenters. The van der Waals surface area contributed by atoms with Crippen molar-refractivity contribution in [3.05, 3.63) is 11.6 Å². The minimum Gasteiger partial charge on any atom is -1.00 e. The van der Waals surface area contributed by atoms with Crippen LogP contribution in [0.4, 0.5) is 0 Å². The van der Waals surface area contributed by atoms with Gasteiger partial charge in [0.2, 0.25) is 0 Å². The summed E-state index contributed by atoms with van der Waals surface area (Å²) in [5.74, 6) is 5.46. The van der Waals surface area contributed by atoms with Gasteiger partial charge in [-0.3, -0.25) is 0 Å². The molecule has 0 aliphatic heterocycles. The van der Waals surface area contributed by atoms with Crippen molar-refractivity contribution < 1.29 is 47.1 Å². The molecule has 3 heteroatoms. The Kier molecular flexibility index (Phi) is 9.53. The SMILES string of the molecule is CC(C)CCCC(C)[C@H]1CC[C@H]2[C@@H]3CC=C4C[C@@H](O)CC[C@]4(C)[C@H]3CC[C@]12C.[Cl-].[Na+]. The predicted molar refractivity (Wildman–Crippen MR) is 119 cm³/mol. The van der Waals surface area contributed by atoms with Gasteiger partial charge in [-0.05, 0) is 97.7 Å². The number of allylic oxidation sites excluding steroid dienone is 1. The summed E-state index contributed by atoms with van der Waals surface area (Å²) in [7, 11) is 0. The van der Waals surface area contributed by atoms with E-state index in [2.05, 4.69) is 40.7 Å². The first-order valence-electron chi connectivity index (χ1n) is 12.6. The van der Waals surface area contributed by atoms with Crippen LogP contribution in [-0.4, -0.2) is 11.2 Å². The summed E-state index contributed by atoms with van der Waals surface area (Å²) < 4.78 is 0. The monoisotopic (exact) mass is 444 g/mol. The van der Waals surface area contributed by atoms with Crippen molar-refractivity contribution in [1.29, 1.82) is 0 Å². The molecule has 0 amide bonds. The standard InChI is InChI=1S/C27H46O.ClH.Na/c1-18(2)7-6-8-19(3)23-11-12-24-22-10-9-20-17-21(28)13-15-26(20,4)25(22)14-16-27(23,24)5;;/h9,18-19,21-25,28H,6-8,10-17H2,1-5H3;1H;/q;;+1/p-1/t19?,21-,22-,23+,24-,25-,26-,27+;;/m0../s1. The molecule has 168 valence electrons. The maximum Gasteiger partial charge on any atom is 1.00 e. The summed E-state index contributed by atoms with van der Waals surface area (Å²) in [6.45, 7) is 12.6. The van der Waals surface area contributed by atoms with Crippen molar-refractivity contribution in [2.75, 3.05) is 0 Å². The van der Waals surface area contributed by atoms with Crippen LogP contribution in [0.1, 0.15) is 105 Å². The molecule has 1 unspecified atom stereocenters. The van der Waals surface area contributed by atoms with Crippen LogP contribution >= 0.6 is 0 Å². The molecule has 0 spiro atoms. The zero-order valence-electron chi connectivity index (χ0n) is 20.7. The Morgan fingerprint density at radius 3 is 2.43 bits per heavy atom. The summed E-state index contributed by atoms with van der Waals surface area (Å²) in [4.78, 5) is 0. The van der Waals surface area contributed by atoms with Gasteiger partial charge in [-0.25, -0.2) is 0 Å². The first-order chi connectivity index (χ1) is 13.3. The minimum absolute atomic E-state index is 0. The molecule has 0 aromatic carbocycles. The quantitative estimate of drug-likeness (QED) is 0.502. The smallest absolute Gasteiger partial charge is 1.00 e. The molecule has 4 aliphatic rings. The van der Waals surface area contributed by atoms with Gasteiger partial charge in [-0.15, -0.1) is 0 Å². The Bertz CT molecular complexity index is 604. The third-order valence-corrected chi connectivity index (χ3v) is 10.3. The Morgan fingerprint density at radius 1 is 1.00 bits per heavy atom. The van der Waals surface area contributed by atoms with Crippen LogP contribution < -0.4 is 42.0 Å². The van der Waals surface area contributed by atoms with Crippen molar-refractivity contribution in [3.8, 4) is 0 Å². The van der Waals surface area contributed by atoms with Crippen LogP contribution in [0.5, 0.6) is 0 Å². The first-order valence-corrected chi connectivity index (χ1v) is 12.6. The fourth-order valence-electron chi connectivity index (χ4n) is 8.67. The van der Waals surface area contributed by atoms with Crippen LogP contribution in [0, 0.1) is 46.3 Å². The number of rotatable bonds is 5. The number of aliphatic hydroxyl groups excluding tert-OH is 1. The van der Waals surface area contributed by atoms with Gasteiger partial charge in [-0.2, -0.15) is 0 Å². The molecule has 0 aromatic rings. The van der Waals surface area contributed by atoms with Gasteiger partial charge in [0, 0.05) is 0 Å². The van der Waals surface area contributed by atoms with E-state index in [1.807, 2.05) is 0 Å². The molecule has 1 nitrogen and oxygen atoms in total. The summed E-state index contributed by atoms with van der Waals surface area (Å²) >= 11 is 0. The van der Waals surface area contributed by atoms with Crippen molar-refractivity contribution in [2.24, 2.45) is 46.3 Å². The van der Waals surface area contributed by atoms with E-state index in [0.717, 1.165) is 48.3 Å².